The third-order valence-electron chi connectivity index (χ3n) is 31.2. The van der Waals surface area contributed by atoms with E-state index in [-0.39, 0.29) is 0 Å². The van der Waals surface area contributed by atoms with Gasteiger partial charge in [0.05, 0.1) is 0 Å². The van der Waals surface area contributed by atoms with Crippen LogP contribution in [-0.2, 0) is 0 Å². The summed E-state index contributed by atoms with van der Waals surface area (Å²) in [5.74, 6) is 0. The lowest BCUT2D eigenvalue weighted by molar-refractivity contribution is 1.58. The number of fused-ring (bicyclic) bond motifs is 36. The zero-order valence-electron chi connectivity index (χ0n) is 78.8. The average Bonchev–Trinajstić information content (AvgIpc) is 0.709. The summed E-state index contributed by atoms with van der Waals surface area (Å²) < 4.78 is 0. The second-order valence-electron chi connectivity index (χ2n) is 38.8. The van der Waals surface area contributed by atoms with Crippen molar-refractivity contribution in [1.29, 1.82) is 0 Å². The molecule has 0 N–H and O–H groups in total. The lowest BCUT2D eigenvalue weighted by atomic mass is 9.80. The van der Waals surface area contributed by atoms with Gasteiger partial charge in [-0.05, 0) is 354 Å². The molecule has 0 nitrogen and oxygen atoms in total. The zero-order valence-corrected chi connectivity index (χ0v) is 78.8. The van der Waals surface area contributed by atoms with Crippen LogP contribution in [0.2, 0.25) is 0 Å². The molecule has 0 heteroatoms. The summed E-state index contributed by atoms with van der Waals surface area (Å²) in [6.07, 6.45) is 0. The molecular weight excluding hydrogens is 1730 g/mol. The van der Waals surface area contributed by atoms with Gasteiger partial charge in [-0.2, -0.15) is 0 Å². The third-order valence-corrected chi connectivity index (χ3v) is 31.2. The Morgan fingerprint density at radius 3 is 0.417 bits per heavy atom. The molecule has 30 aromatic carbocycles. The summed E-state index contributed by atoms with van der Waals surface area (Å²) in [6, 6.07) is 200. The van der Waals surface area contributed by atoms with Crippen molar-refractivity contribution >= 4 is 194 Å². The zero-order chi connectivity index (χ0) is 94.6. The molecule has 664 valence electrons. The molecule has 0 spiro atoms. The summed E-state index contributed by atoms with van der Waals surface area (Å²) in [7, 11) is 0. The van der Waals surface area contributed by atoms with Crippen LogP contribution in [0.1, 0.15) is 0 Å². The van der Waals surface area contributed by atoms with Crippen LogP contribution in [0.5, 0.6) is 0 Å². The molecule has 0 saturated carbocycles. The van der Waals surface area contributed by atoms with E-state index in [2.05, 4.69) is 534 Å². The summed E-state index contributed by atoms with van der Waals surface area (Å²) in [5, 5.41) is 45.7. The predicted octanol–water partition coefficient (Wildman–Crippen LogP) is 40.8. The molecule has 0 bridgehead atoms. The van der Waals surface area contributed by atoms with Gasteiger partial charge in [0.15, 0.2) is 0 Å². The topological polar surface area (TPSA) is 0 Å². The smallest absolute Gasteiger partial charge is 0.000786 e. The first-order chi connectivity index (χ1) is 71.5. The van der Waals surface area contributed by atoms with Gasteiger partial charge in [-0.25, -0.2) is 0 Å². The van der Waals surface area contributed by atoms with E-state index in [1.54, 1.807) is 0 Å². The number of benzene rings is 30. The van der Waals surface area contributed by atoms with Crippen LogP contribution in [0.15, 0.2) is 534 Å². The maximum atomic E-state index is 2.53. The van der Waals surface area contributed by atoms with Crippen molar-refractivity contribution in [3.05, 3.63) is 534 Å². The fourth-order valence-electron chi connectivity index (χ4n) is 24.8. The second kappa shape index (κ2) is 33.5. The van der Waals surface area contributed by atoms with Crippen LogP contribution in [0, 0.1) is 0 Å². The molecule has 0 amide bonds. The van der Waals surface area contributed by atoms with E-state index in [0.29, 0.717) is 0 Å². The van der Waals surface area contributed by atoms with Gasteiger partial charge in [-0.15, -0.1) is 0 Å². The number of hydrogen-bond donors (Lipinski definition) is 0. The molecule has 0 fully saturated rings. The van der Waals surface area contributed by atoms with Crippen molar-refractivity contribution in [2.24, 2.45) is 0 Å². The molecule has 0 aromatic heterocycles. The Morgan fingerprint density at radius 1 is 0.0694 bits per heavy atom. The molecule has 30 aromatic rings. The highest BCUT2D eigenvalue weighted by atomic mass is 14.3. The number of hydrogen-bond acceptors (Lipinski definition) is 0. The highest BCUT2D eigenvalue weighted by Crippen LogP contribution is 2.55. The summed E-state index contributed by atoms with van der Waals surface area (Å²) in [6.45, 7) is 0. The van der Waals surface area contributed by atoms with Crippen LogP contribution in [0.3, 0.4) is 0 Å². The lowest BCUT2D eigenvalue weighted by Gasteiger charge is -2.23. The second-order valence-corrected chi connectivity index (χ2v) is 38.8. The van der Waals surface area contributed by atoms with E-state index in [9.17, 15) is 0 Å². The largest absolute Gasteiger partial charge is 0.0622 e. The Morgan fingerprint density at radius 2 is 0.208 bits per heavy atom. The fourth-order valence-corrected chi connectivity index (χ4v) is 24.8. The van der Waals surface area contributed by atoms with Crippen LogP contribution in [-0.4, -0.2) is 0 Å². The Labute approximate surface area is 832 Å². The van der Waals surface area contributed by atoms with Crippen LogP contribution < -0.4 is 0 Å². The quantitative estimate of drug-likeness (QED) is 0.120. The summed E-state index contributed by atoms with van der Waals surface area (Å²) >= 11 is 0. The van der Waals surface area contributed by atoms with E-state index in [1.165, 1.54) is 305 Å². The van der Waals surface area contributed by atoms with Crippen molar-refractivity contribution in [1.82, 2.24) is 0 Å². The molecule has 0 aliphatic rings. The van der Waals surface area contributed by atoms with E-state index >= 15 is 0 Å². The molecule has 0 atom stereocenters. The minimum absolute atomic E-state index is 1.18. The molecule has 0 heterocycles. The minimum Gasteiger partial charge on any atom is -0.0622 e. The standard InChI is InChI=1S/C78H46.C66H42/c1-5-25-59-51(17-1)55-21-9-13-29-63(55)75-41-47(33-37-67(59)75)71-45-73(49-35-39-69-61-27-7-3-19-53(61)57-23-11-15-31-65(57)77(69)43-49)74(50-36-40-70-62-28-8-4-20-54(62)58-24-12-16-32-66(58)78(70)44-50)46-72(71)48-34-38-68-60-26-6-2-18-52(60)56-22-10-14-30-64(56)76(68)42-48;1-5-21-43(22-6-1)59-41-57(61(47-25-9-3-10-26-47)65-55-35-19-15-31-51(55)49-29-13-17-33-53(49)63(59)65)45-37-39-46(40-38-45)58-42-60(44-23-7-2-8-24-44)64-54-34-18-14-30-50(54)52-32-16-20-36-56(52)66(64)62(58)48-27-11-4-12-28-48/h1-46H;1-42H. The Kier molecular flexibility index (Phi) is 19.2. The molecular formula is C144H88. The predicted molar refractivity (Wildman–Crippen MR) is 622 cm³/mol. The van der Waals surface area contributed by atoms with Gasteiger partial charge >= 0.3 is 0 Å². The first-order valence-corrected chi connectivity index (χ1v) is 50.2. The van der Waals surface area contributed by atoms with Crippen molar-refractivity contribution in [3.8, 4) is 111 Å². The SMILES string of the molecule is c1ccc(-c2cc(-c3ccc(-c4cc(-c5ccccc5)c5c6ccccc6c6ccccc6c5c4-c4ccccc4)cc3)c(-c3ccccc3)c3c4ccccc4c4ccccc4c23)cc1.c1ccc2c(c1)c1ccccc1c1cc(-c3cc(-c4ccc5c6ccccc6c6ccccc6c5c4)c(-c4ccc5c6ccccc6c6ccccc6c5c4)cc3-c3ccc4c5ccccc5c5ccccc5c4c3)ccc21. The van der Waals surface area contributed by atoms with Gasteiger partial charge < -0.3 is 0 Å². The first kappa shape index (κ1) is 82.4. The van der Waals surface area contributed by atoms with Gasteiger partial charge in [-0.3, -0.25) is 0 Å². The molecule has 30 rings (SSSR count). The van der Waals surface area contributed by atoms with Crippen LogP contribution >= 0.6 is 0 Å². The molecule has 0 aliphatic heterocycles. The minimum atomic E-state index is 1.18. The fraction of sp³-hybridized carbons (Fsp3) is 0. The van der Waals surface area contributed by atoms with Gasteiger partial charge in [-0.1, -0.05) is 485 Å². The Bertz CT molecular complexity index is 9540. The summed E-state index contributed by atoms with van der Waals surface area (Å²) in [5.41, 5.74) is 24.1. The van der Waals surface area contributed by atoms with Crippen molar-refractivity contribution in [3.63, 3.8) is 0 Å². The average molecular weight is 1820 g/mol. The van der Waals surface area contributed by atoms with Crippen molar-refractivity contribution in [2.75, 3.05) is 0 Å². The van der Waals surface area contributed by atoms with Gasteiger partial charge in [0.25, 0.3) is 0 Å². The molecule has 0 radical (unpaired) electrons. The maximum absolute atomic E-state index is 2.53. The van der Waals surface area contributed by atoms with Crippen molar-refractivity contribution in [2.45, 2.75) is 0 Å². The monoisotopic (exact) mass is 1820 g/mol. The molecule has 0 saturated heterocycles. The highest BCUT2D eigenvalue weighted by molar-refractivity contribution is 6.37. The van der Waals surface area contributed by atoms with Gasteiger partial charge in [0.1, 0.15) is 0 Å². The van der Waals surface area contributed by atoms with Crippen LogP contribution in [0.25, 0.3) is 305 Å². The molecule has 0 aliphatic carbocycles. The summed E-state index contributed by atoms with van der Waals surface area (Å²) in [4.78, 5) is 0. The van der Waals surface area contributed by atoms with Gasteiger partial charge in [0, 0.05) is 0 Å². The normalized spacial score (nSPS) is 11.9. The van der Waals surface area contributed by atoms with E-state index in [4.69, 9.17) is 0 Å². The Balaban J connectivity index is 0.000000139. The maximum Gasteiger partial charge on any atom is -0.000786 e. The number of rotatable bonds is 10. The van der Waals surface area contributed by atoms with E-state index in [0.717, 1.165) is 0 Å². The molecule has 144 heavy (non-hydrogen) atoms. The van der Waals surface area contributed by atoms with Crippen LogP contribution in [0.4, 0.5) is 0 Å². The van der Waals surface area contributed by atoms with E-state index in [1.807, 2.05) is 0 Å². The highest BCUT2D eigenvalue weighted by Gasteiger charge is 2.28. The first-order valence-electron chi connectivity index (χ1n) is 50.2. The third kappa shape index (κ3) is 13.1. The van der Waals surface area contributed by atoms with Gasteiger partial charge in [0.2, 0.25) is 0 Å². The Hall–Kier alpha value is -18.7. The lowest BCUT2D eigenvalue weighted by Crippen LogP contribution is -1.95. The van der Waals surface area contributed by atoms with E-state index < -0.39 is 0 Å². The molecule has 0 unspecified atom stereocenters. The van der Waals surface area contributed by atoms with Crippen molar-refractivity contribution < 1.29 is 0 Å².